The van der Waals surface area contributed by atoms with Crippen LogP contribution >= 0.6 is 0 Å². The van der Waals surface area contributed by atoms with Gasteiger partial charge in [-0.3, -0.25) is 4.79 Å². The first-order valence-electron chi connectivity index (χ1n) is 3.37. The summed E-state index contributed by atoms with van der Waals surface area (Å²) in [6, 6.07) is 0. The minimum atomic E-state index is -0.0261. The molecule has 2 atom stereocenters. The molecule has 0 N–H and O–H groups in total. The van der Waals surface area contributed by atoms with Gasteiger partial charge in [-0.15, -0.1) is 0 Å². The van der Waals surface area contributed by atoms with E-state index < -0.39 is 0 Å². The lowest BCUT2D eigenvalue weighted by Crippen LogP contribution is -2.03. The van der Waals surface area contributed by atoms with Crippen molar-refractivity contribution < 1.29 is 9.53 Å². The highest BCUT2D eigenvalue weighted by molar-refractivity contribution is 5.75. The zero-order valence-corrected chi connectivity index (χ0v) is 5.89. The quantitative estimate of drug-likeness (QED) is 0.522. The van der Waals surface area contributed by atoms with Crippen LogP contribution in [0.15, 0.2) is 0 Å². The monoisotopic (exact) mass is 128 g/mol. The van der Waals surface area contributed by atoms with Gasteiger partial charge in [0.25, 0.3) is 0 Å². The molecular weight excluding hydrogens is 116 g/mol. The van der Waals surface area contributed by atoms with Crippen LogP contribution in [0.25, 0.3) is 0 Å². The van der Waals surface area contributed by atoms with Crippen molar-refractivity contribution in [1.82, 2.24) is 0 Å². The van der Waals surface area contributed by atoms with Crippen LogP contribution < -0.4 is 0 Å². The van der Waals surface area contributed by atoms with E-state index in [2.05, 4.69) is 11.7 Å². The molecule has 1 unspecified atom stereocenters. The van der Waals surface area contributed by atoms with Gasteiger partial charge in [-0.25, -0.2) is 0 Å². The average molecular weight is 128 g/mol. The van der Waals surface area contributed by atoms with Crippen molar-refractivity contribution >= 4 is 5.97 Å². The molecule has 2 nitrogen and oxygen atoms in total. The van der Waals surface area contributed by atoms with Gasteiger partial charge in [-0.05, 0) is 12.3 Å². The predicted octanol–water partition coefficient (Wildman–Crippen LogP) is 1.21. The molecule has 0 bridgehead atoms. The van der Waals surface area contributed by atoms with Crippen LogP contribution in [-0.2, 0) is 9.53 Å². The van der Waals surface area contributed by atoms with E-state index in [4.69, 9.17) is 0 Å². The van der Waals surface area contributed by atoms with Gasteiger partial charge >= 0.3 is 5.97 Å². The zero-order valence-electron chi connectivity index (χ0n) is 5.89. The highest BCUT2D eigenvalue weighted by Gasteiger charge is 2.42. The second-order valence-corrected chi connectivity index (χ2v) is 2.53. The summed E-state index contributed by atoms with van der Waals surface area (Å²) >= 11 is 0. The Morgan fingerprint density at radius 1 is 1.78 bits per heavy atom. The predicted molar refractivity (Wildman–Crippen MR) is 33.9 cm³/mol. The van der Waals surface area contributed by atoms with Crippen LogP contribution in [0.4, 0.5) is 0 Å². The van der Waals surface area contributed by atoms with Crippen molar-refractivity contribution in [2.24, 2.45) is 11.8 Å². The molecule has 1 saturated carbocycles. The van der Waals surface area contributed by atoms with Gasteiger partial charge in [0.1, 0.15) is 0 Å². The molecule has 1 fully saturated rings. The first kappa shape index (κ1) is 6.59. The Morgan fingerprint density at radius 3 is 2.78 bits per heavy atom. The van der Waals surface area contributed by atoms with Crippen molar-refractivity contribution in [1.29, 1.82) is 0 Å². The number of carbonyl (C=O) groups is 1. The standard InChI is InChI=1S/C7H12O2/c1-3-5-4-6(5)7(8)9-2/h5-6H,3-4H2,1-2H3/t5?,6-/m0/s1. The van der Waals surface area contributed by atoms with E-state index in [0.29, 0.717) is 5.92 Å². The van der Waals surface area contributed by atoms with E-state index in [1.807, 2.05) is 0 Å². The Balaban J connectivity index is 2.25. The van der Waals surface area contributed by atoms with E-state index in [1.165, 1.54) is 7.11 Å². The molecule has 1 aliphatic rings. The first-order chi connectivity index (χ1) is 4.29. The summed E-state index contributed by atoms with van der Waals surface area (Å²) in [5.74, 6) is 0.833. The molecule has 0 amide bonds. The van der Waals surface area contributed by atoms with Crippen molar-refractivity contribution in [2.75, 3.05) is 7.11 Å². The van der Waals surface area contributed by atoms with Crippen LogP contribution in [0.5, 0.6) is 0 Å². The summed E-state index contributed by atoms with van der Waals surface area (Å²) in [7, 11) is 1.45. The van der Waals surface area contributed by atoms with Crippen molar-refractivity contribution in [3.05, 3.63) is 0 Å². The second kappa shape index (κ2) is 2.38. The maximum Gasteiger partial charge on any atom is 0.308 e. The molecule has 1 rings (SSSR count). The molecule has 0 spiro atoms. The normalized spacial score (nSPS) is 31.8. The van der Waals surface area contributed by atoms with Gasteiger partial charge in [-0.2, -0.15) is 0 Å². The third-order valence-corrected chi connectivity index (χ3v) is 1.95. The fraction of sp³-hybridized carbons (Fsp3) is 0.857. The molecule has 0 aliphatic heterocycles. The molecule has 0 radical (unpaired) electrons. The van der Waals surface area contributed by atoms with Crippen molar-refractivity contribution in [3.8, 4) is 0 Å². The fourth-order valence-electron chi connectivity index (χ4n) is 1.14. The zero-order chi connectivity index (χ0) is 6.85. The third-order valence-electron chi connectivity index (χ3n) is 1.95. The highest BCUT2D eigenvalue weighted by Crippen LogP contribution is 2.41. The van der Waals surface area contributed by atoms with Crippen LogP contribution in [-0.4, -0.2) is 13.1 Å². The molecule has 0 saturated heterocycles. The lowest BCUT2D eigenvalue weighted by molar-refractivity contribution is -0.142. The Hall–Kier alpha value is -0.530. The highest BCUT2D eigenvalue weighted by atomic mass is 16.5. The molecule has 9 heavy (non-hydrogen) atoms. The maximum atomic E-state index is 10.7. The largest absolute Gasteiger partial charge is 0.469 e. The fourth-order valence-corrected chi connectivity index (χ4v) is 1.14. The maximum absolute atomic E-state index is 10.7. The molecule has 52 valence electrons. The Bertz CT molecular complexity index is 120. The summed E-state index contributed by atoms with van der Waals surface area (Å²) < 4.78 is 4.57. The van der Waals surface area contributed by atoms with Gasteiger partial charge in [0, 0.05) is 0 Å². The van der Waals surface area contributed by atoms with Crippen LogP contribution in [0, 0.1) is 11.8 Å². The SMILES string of the molecule is CCC1C[C@@H]1C(=O)OC. The number of carbonyl (C=O) groups excluding carboxylic acids is 1. The number of rotatable bonds is 2. The lowest BCUT2D eigenvalue weighted by atomic mass is 10.2. The number of hydrogen-bond donors (Lipinski definition) is 0. The Morgan fingerprint density at radius 2 is 2.44 bits per heavy atom. The van der Waals surface area contributed by atoms with Crippen LogP contribution in [0.2, 0.25) is 0 Å². The summed E-state index contributed by atoms with van der Waals surface area (Å²) in [5.41, 5.74) is 0. The van der Waals surface area contributed by atoms with Crippen LogP contribution in [0.1, 0.15) is 19.8 Å². The molecule has 0 aromatic carbocycles. The van der Waals surface area contributed by atoms with Gasteiger partial charge in [0.2, 0.25) is 0 Å². The molecule has 2 heteroatoms. The summed E-state index contributed by atoms with van der Waals surface area (Å²) in [6.07, 6.45) is 2.16. The second-order valence-electron chi connectivity index (χ2n) is 2.53. The number of methoxy groups -OCH3 is 1. The smallest absolute Gasteiger partial charge is 0.308 e. The topological polar surface area (TPSA) is 26.3 Å². The third kappa shape index (κ3) is 1.23. The minimum absolute atomic E-state index is 0.0261. The van der Waals surface area contributed by atoms with E-state index in [9.17, 15) is 4.79 Å². The molecular formula is C7H12O2. The Labute approximate surface area is 55.2 Å². The van der Waals surface area contributed by atoms with E-state index >= 15 is 0 Å². The van der Waals surface area contributed by atoms with Gasteiger partial charge in [0.05, 0.1) is 13.0 Å². The number of esters is 1. The number of ether oxygens (including phenoxy) is 1. The van der Waals surface area contributed by atoms with Crippen molar-refractivity contribution in [3.63, 3.8) is 0 Å². The van der Waals surface area contributed by atoms with Crippen LogP contribution in [0.3, 0.4) is 0 Å². The summed E-state index contributed by atoms with van der Waals surface area (Å²) in [6.45, 7) is 2.10. The van der Waals surface area contributed by atoms with E-state index in [-0.39, 0.29) is 11.9 Å². The van der Waals surface area contributed by atoms with Gasteiger partial charge < -0.3 is 4.74 Å². The van der Waals surface area contributed by atoms with Crippen molar-refractivity contribution in [2.45, 2.75) is 19.8 Å². The van der Waals surface area contributed by atoms with Gasteiger partial charge in [-0.1, -0.05) is 13.3 Å². The van der Waals surface area contributed by atoms with E-state index in [0.717, 1.165) is 12.8 Å². The average Bonchev–Trinajstić information content (AvgIpc) is 2.64. The Kier molecular flexibility index (Phi) is 1.74. The molecule has 1 aliphatic carbocycles. The molecule has 0 aromatic rings. The van der Waals surface area contributed by atoms with E-state index in [1.54, 1.807) is 0 Å². The minimum Gasteiger partial charge on any atom is -0.469 e. The first-order valence-corrected chi connectivity index (χ1v) is 3.37. The van der Waals surface area contributed by atoms with Gasteiger partial charge in [0.15, 0.2) is 0 Å². The summed E-state index contributed by atoms with van der Waals surface area (Å²) in [5, 5.41) is 0. The number of hydrogen-bond acceptors (Lipinski definition) is 2. The molecule has 0 aromatic heterocycles. The summed E-state index contributed by atoms with van der Waals surface area (Å²) in [4.78, 5) is 10.7. The lowest BCUT2D eigenvalue weighted by Gasteiger charge is -1.93. The molecule has 0 heterocycles.